The number of aromatic nitrogens is 1. The molecule has 1 saturated carbocycles. The van der Waals surface area contributed by atoms with E-state index in [1.54, 1.807) is 14.4 Å². The summed E-state index contributed by atoms with van der Waals surface area (Å²) < 4.78 is 1.77. The zero-order valence-corrected chi connectivity index (χ0v) is 13.0. The fourth-order valence-electron chi connectivity index (χ4n) is 3.14. The van der Waals surface area contributed by atoms with Gasteiger partial charge in [0.1, 0.15) is 5.56 Å². The van der Waals surface area contributed by atoms with Crippen molar-refractivity contribution in [2.75, 3.05) is 26.2 Å². The van der Waals surface area contributed by atoms with Crippen LogP contribution in [0, 0.1) is 13.8 Å². The van der Waals surface area contributed by atoms with Gasteiger partial charge in [0.15, 0.2) is 0 Å². The van der Waals surface area contributed by atoms with Crippen molar-refractivity contribution in [3.05, 3.63) is 33.2 Å². The topological polar surface area (TPSA) is 62.6 Å². The molecule has 2 fully saturated rings. The third-order valence-corrected chi connectivity index (χ3v) is 4.51. The molecule has 0 N–H and O–H groups in total. The Bertz CT molecular complexity index is 668. The highest BCUT2D eigenvalue weighted by Crippen LogP contribution is 2.34. The summed E-state index contributed by atoms with van der Waals surface area (Å²) in [6.07, 6.45) is 2.82. The predicted molar refractivity (Wildman–Crippen MR) is 82.0 cm³/mol. The van der Waals surface area contributed by atoms with Gasteiger partial charge in [-0.05, 0) is 38.3 Å². The first kappa shape index (κ1) is 14.8. The molecule has 0 aromatic carbocycles. The number of hydrogen-bond donors (Lipinski definition) is 0. The van der Waals surface area contributed by atoms with Crippen molar-refractivity contribution in [3.63, 3.8) is 0 Å². The van der Waals surface area contributed by atoms with E-state index in [2.05, 4.69) is 0 Å². The molecule has 1 aliphatic carbocycles. The fourth-order valence-corrected chi connectivity index (χ4v) is 3.14. The summed E-state index contributed by atoms with van der Waals surface area (Å²) in [4.78, 5) is 39.6. The highest BCUT2D eigenvalue weighted by Gasteiger charge is 2.30. The van der Waals surface area contributed by atoms with Gasteiger partial charge in [-0.25, -0.2) is 0 Å². The van der Waals surface area contributed by atoms with Crippen LogP contribution in [0.4, 0.5) is 0 Å². The lowest BCUT2D eigenvalue weighted by atomic mass is 10.1. The van der Waals surface area contributed by atoms with Crippen LogP contribution in [-0.4, -0.2) is 52.9 Å². The highest BCUT2D eigenvalue weighted by molar-refractivity contribution is 5.95. The van der Waals surface area contributed by atoms with Gasteiger partial charge in [-0.1, -0.05) is 0 Å². The van der Waals surface area contributed by atoms with E-state index in [-0.39, 0.29) is 23.1 Å². The Morgan fingerprint density at radius 2 is 1.82 bits per heavy atom. The largest absolute Gasteiger partial charge is 0.342 e. The van der Waals surface area contributed by atoms with Crippen molar-refractivity contribution in [3.8, 4) is 0 Å². The summed E-state index contributed by atoms with van der Waals surface area (Å²) in [6.45, 7) is 5.75. The zero-order chi connectivity index (χ0) is 15.9. The maximum absolute atomic E-state index is 12.7. The van der Waals surface area contributed by atoms with Crippen molar-refractivity contribution in [2.24, 2.45) is 0 Å². The molecule has 0 bridgehead atoms. The molecule has 1 aliphatic heterocycles. The number of rotatable bonds is 3. The lowest BCUT2D eigenvalue weighted by Gasteiger charge is -2.32. The maximum Gasteiger partial charge on any atom is 0.264 e. The summed E-state index contributed by atoms with van der Waals surface area (Å²) in [6, 6.07) is 2.18. The summed E-state index contributed by atoms with van der Waals surface area (Å²) in [5.41, 5.74) is 1.79. The molecule has 2 amide bonds. The normalized spacial score (nSPS) is 18.5. The van der Waals surface area contributed by atoms with Crippen LogP contribution in [0.5, 0.6) is 0 Å². The second-order valence-corrected chi connectivity index (χ2v) is 6.18. The summed E-state index contributed by atoms with van der Waals surface area (Å²) >= 11 is 0. The summed E-state index contributed by atoms with van der Waals surface area (Å²) in [5, 5.41) is 0. The Balaban J connectivity index is 1.91. The minimum atomic E-state index is -0.206. The van der Waals surface area contributed by atoms with Crippen molar-refractivity contribution in [1.29, 1.82) is 0 Å². The third kappa shape index (κ3) is 2.53. The van der Waals surface area contributed by atoms with Crippen molar-refractivity contribution in [1.82, 2.24) is 14.4 Å². The van der Waals surface area contributed by atoms with Crippen LogP contribution in [0.2, 0.25) is 0 Å². The highest BCUT2D eigenvalue weighted by atomic mass is 16.2. The minimum Gasteiger partial charge on any atom is -0.342 e. The quantitative estimate of drug-likeness (QED) is 0.773. The number of carbonyl (C=O) groups excluding carboxylic acids is 2. The van der Waals surface area contributed by atoms with E-state index >= 15 is 0 Å². The van der Waals surface area contributed by atoms with Crippen molar-refractivity contribution < 1.29 is 9.59 Å². The Kier molecular flexibility index (Phi) is 3.76. The standard InChI is InChI=1S/C16H21N3O3/c1-11-9-12(2)19(13-3-4-13)16(22)14(11)15(21)18-7-5-17(10-20)6-8-18/h9-10,13H,3-8H2,1-2H3. The van der Waals surface area contributed by atoms with Crippen molar-refractivity contribution >= 4 is 12.3 Å². The second kappa shape index (κ2) is 5.59. The molecule has 6 nitrogen and oxygen atoms in total. The lowest BCUT2D eigenvalue weighted by molar-refractivity contribution is -0.119. The number of nitrogens with zero attached hydrogens (tertiary/aromatic N) is 3. The van der Waals surface area contributed by atoms with E-state index in [1.165, 1.54) is 0 Å². The molecule has 1 aromatic rings. The molecular weight excluding hydrogens is 282 g/mol. The fraction of sp³-hybridized carbons (Fsp3) is 0.562. The van der Waals surface area contributed by atoms with Gasteiger partial charge in [-0.3, -0.25) is 14.4 Å². The first-order valence-electron chi connectivity index (χ1n) is 7.74. The Morgan fingerprint density at radius 3 is 2.36 bits per heavy atom. The van der Waals surface area contributed by atoms with Crippen LogP contribution in [0.3, 0.4) is 0 Å². The molecule has 6 heteroatoms. The molecule has 2 heterocycles. The smallest absolute Gasteiger partial charge is 0.264 e. The lowest BCUT2D eigenvalue weighted by Crippen LogP contribution is -2.49. The molecule has 0 spiro atoms. The first-order chi connectivity index (χ1) is 10.5. The van der Waals surface area contributed by atoms with Gasteiger partial charge in [-0.2, -0.15) is 0 Å². The van der Waals surface area contributed by atoms with Gasteiger partial charge in [0.05, 0.1) is 0 Å². The monoisotopic (exact) mass is 303 g/mol. The number of piperazine rings is 1. The molecule has 1 aromatic heterocycles. The van der Waals surface area contributed by atoms with Gasteiger partial charge in [0.2, 0.25) is 6.41 Å². The minimum absolute atomic E-state index is 0.164. The molecule has 0 unspecified atom stereocenters. The molecule has 0 radical (unpaired) electrons. The summed E-state index contributed by atoms with van der Waals surface area (Å²) in [7, 11) is 0. The molecule has 22 heavy (non-hydrogen) atoms. The second-order valence-electron chi connectivity index (χ2n) is 6.18. The number of pyridine rings is 1. The molecule has 2 aliphatic rings. The van der Waals surface area contributed by atoms with Gasteiger partial charge < -0.3 is 14.4 Å². The molecular formula is C16H21N3O3. The van der Waals surface area contributed by atoms with E-state index in [4.69, 9.17) is 0 Å². The number of amides is 2. The number of aryl methyl sites for hydroxylation is 2. The van der Waals surface area contributed by atoms with Gasteiger partial charge >= 0.3 is 0 Å². The molecule has 118 valence electrons. The van der Waals surface area contributed by atoms with Crippen LogP contribution in [0.1, 0.15) is 40.5 Å². The van der Waals surface area contributed by atoms with E-state index in [9.17, 15) is 14.4 Å². The Hall–Kier alpha value is -2.11. The zero-order valence-electron chi connectivity index (χ0n) is 13.0. The van der Waals surface area contributed by atoms with E-state index < -0.39 is 0 Å². The number of carbonyl (C=O) groups is 2. The van der Waals surface area contributed by atoms with Gasteiger partial charge in [0, 0.05) is 37.9 Å². The first-order valence-corrected chi connectivity index (χ1v) is 7.74. The van der Waals surface area contributed by atoms with Crippen LogP contribution in [0.15, 0.2) is 10.9 Å². The van der Waals surface area contributed by atoms with Crippen molar-refractivity contribution in [2.45, 2.75) is 32.7 Å². The molecule has 0 atom stereocenters. The number of hydrogen-bond acceptors (Lipinski definition) is 3. The SMILES string of the molecule is Cc1cc(C)n(C2CC2)c(=O)c1C(=O)N1CCN(C=O)CC1. The summed E-state index contributed by atoms with van der Waals surface area (Å²) in [5.74, 6) is -0.206. The van der Waals surface area contributed by atoms with Gasteiger partial charge in [-0.15, -0.1) is 0 Å². The predicted octanol–water partition coefficient (Wildman–Crippen LogP) is 0.714. The van der Waals surface area contributed by atoms with Crippen LogP contribution in [-0.2, 0) is 4.79 Å². The van der Waals surface area contributed by atoms with Gasteiger partial charge in [0.25, 0.3) is 11.5 Å². The van der Waals surface area contributed by atoms with E-state index in [0.717, 1.165) is 30.5 Å². The third-order valence-electron chi connectivity index (χ3n) is 4.51. The molecule has 3 rings (SSSR count). The average Bonchev–Trinajstić information content (AvgIpc) is 3.31. The van der Waals surface area contributed by atoms with E-state index in [1.807, 2.05) is 19.9 Å². The van der Waals surface area contributed by atoms with Crippen LogP contribution >= 0.6 is 0 Å². The Labute approximate surface area is 129 Å². The van der Waals surface area contributed by atoms with Crippen LogP contribution in [0.25, 0.3) is 0 Å². The van der Waals surface area contributed by atoms with Crippen LogP contribution < -0.4 is 5.56 Å². The maximum atomic E-state index is 12.7. The average molecular weight is 303 g/mol. The molecule has 1 saturated heterocycles. The van der Waals surface area contributed by atoms with E-state index in [0.29, 0.717) is 26.2 Å². The Morgan fingerprint density at radius 1 is 1.18 bits per heavy atom.